The highest BCUT2D eigenvalue weighted by atomic mass is 32.1. The van der Waals surface area contributed by atoms with Gasteiger partial charge in [0.15, 0.2) is 0 Å². The van der Waals surface area contributed by atoms with Crippen LogP contribution in [0, 0.1) is 0 Å². The number of imidazole rings is 1. The summed E-state index contributed by atoms with van der Waals surface area (Å²) in [6.07, 6.45) is 1.82. The van der Waals surface area contributed by atoms with E-state index in [1.807, 2.05) is 72.9 Å². The molecule has 0 aliphatic heterocycles. The minimum atomic E-state index is 1.06. The molecule has 1 aromatic carbocycles. The maximum absolute atomic E-state index is 4.18. The molecule has 0 fully saturated rings. The van der Waals surface area contributed by atoms with Crippen molar-refractivity contribution in [1.29, 1.82) is 0 Å². The van der Waals surface area contributed by atoms with Gasteiger partial charge in [-0.2, -0.15) is 11.3 Å². The average molecular weight is 246 g/mol. The number of benzene rings is 1. The van der Waals surface area contributed by atoms with Crippen LogP contribution in [0.1, 0.15) is 13.8 Å². The van der Waals surface area contributed by atoms with Crippen LogP contribution in [0.2, 0.25) is 0 Å². The molecule has 3 rings (SSSR count). The molecule has 0 amide bonds. The Labute approximate surface area is 107 Å². The number of aryl methyl sites for hydroxylation is 1. The summed E-state index contributed by atoms with van der Waals surface area (Å²) < 4.78 is 2.01. The number of hydrogen-bond donors (Lipinski definition) is 0. The molecule has 2 nitrogen and oxygen atoms in total. The summed E-state index contributed by atoms with van der Waals surface area (Å²) in [6.45, 7) is 4.00. The first-order chi connectivity index (χ1) is 8.38. The van der Waals surface area contributed by atoms with Gasteiger partial charge in [0.2, 0.25) is 0 Å². The molecule has 0 spiro atoms. The first-order valence-corrected chi connectivity index (χ1v) is 6.65. The van der Waals surface area contributed by atoms with Crippen LogP contribution in [0.15, 0.2) is 53.5 Å². The van der Waals surface area contributed by atoms with Gasteiger partial charge >= 0.3 is 0 Å². The summed E-state index contributed by atoms with van der Waals surface area (Å²) in [4.78, 5) is 4.18. The normalized spacial score (nSPS) is 8.88. The number of aromatic nitrogens is 2. The van der Waals surface area contributed by atoms with Crippen LogP contribution < -0.4 is 0 Å². The monoisotopic (exact) mass is 246 g/mol. The quantitative estimate of drug-likeness (QED) is 0.576. The molecule has 0 aliphatic carbocycles. The summed E-state index contributed by atoms with van der Waals surface area (Å²) in [5.41, 5.74) is 2.24. The topological polar surface area (TPSA) is 17.8 Å². The fourth-order valence-corrected chi connectivity index (χ4v) is 1.76. The van der Waals surface area contributed by atoms with Gasteiger partial charge in [0, 0.05) is 7.05 Å². The third-order valence-electron chi connectivity index (χ3n) is 2.06. The Morgan fingerprint density at radius 1 is 1.00 bits per heavy atom. The van der Waals surface area contributed by atoms with Crippen molar-refractivity contribution in [3.05, 3.63) is 53.5 Å². The van der Waals surface area contributed by atoms with Gasteiger partial charge in [0.05, 0.1) is 17.4 Å². The van der Waals surface area contributed by atoms with Crippen molar-refractivity contribution < 1.29 is 0 Å². The van der Waals surface area contributed by atoms with Crippen molar-refractivity contribution in [1.82, 2.24) is 9.55 Å². The van der Waals surface area contributed by atoms with Crippen LogP contribution in [-0.2, 0) is 7.05 Å². The molecule has 90 valence electrons. The van der Waals surface area contributed by atoms with Crippen molar-refractivity contribution in [2.24, 2.45) is 7.05 Å². The second kappa shape index (κ2) is 7.63. The van der Waals surface area contributed by atoms with Crippen LogP contribution in [0.3, 0.4) is 0 Å². The Bertz CT molecular complexity index is 495. The number of nitrogens with zero attached hydrogens (tertiary/aromatic N) is 2. The van der Waals surface area contributed by atoms with Gasteiger partial charge < -0.3 is 4.57 Å². The molecule has 17 heavy (non-hydrogen) atoms. The Hall–Kier alpha value is -1.61. The summed E-state index contributed by atoms with van der Waals surface area (Å²) in [5, 5.41) is 4.08. The van der Waals surface area contributed by atoms with Crippen LogP contribution >= 0.6 is 11.3 Å². The number of fused-ring (bicyclic) bond motifs is 1. The first-order valence-electron chi connectivity index (χ1n) is 5.71. The number of rotatable bonds is 0. The van der Waals surface area contributed by atoms with Crippen LogP contribution in [0.4, 0.5) is 0 Å². The molecule has 3 aromatic rings. The van der Waals surface area contributed by atoms with Crippen LogP contribution in [0.5, 0.6) is 0 Å². The van der Waals surface area contributed by atoms with E-state index < -0.39 is 0 Å². The fraction of sp³-hybridized carbons (Fsp3) is 0.214. The molecular weight excluding hydrogens is 228 g/mol. The molecule has 0 aliphatic rings. The second-order valence-electron chi connectivity index (χ2n) is 3.14. The number of hydrogen-bond acceptors (Lipinski definition) is 2. The van der Waals surface area contributed by atoms with E-state index in [-0.39, 0.29) is 0 Å². The van der Waals surface area contributed by atoms with Crippen molar-refractivity contribution >= 4 is 22.4 Å². The van der Waals surface area contributed by atoms with E-state index in [9.17, 15) is 0 Å². The van der Waals surface area contributed by atoms with Gasteiger partial charge in [0.1, 0.15) is 0 Å². The molecule has 0 unspecified atom stereocenters. The van der Waals surface area contributed by atoms with Crippen molar-refractivity contribution in [2.75, 3.05) is 0 Å². The van der Waals surface area contributed by atoms with Gasteiger partial charge in [-0.1, -0.05) is 38.1 Å². The predicted molar refractivity (Wildman–Crippen MR) is 76.4 cm³/mol. The minimum absolute atomic E-state index is 1.06. The van der Waals surface area contributed by atoms with E-state index >= 15 is 0 Å². The summed E-state index contributed by atoms with van der Waals surface area (Å²) >= 11 is 1.71. The summed E-state index contributed by atoms with van der Waals surface area (Å²) in [7, 11) is 2.00. The Morgan fingerprint density at radius 3 is 2.18 bits per heavy atom. The van der Waals surface area contributed by atoms with Gasteiger partial charge in [-0.05, 0) is 22.9 Å². The molecule has 0 saturated heterocycles. The smallest absolute Gasteiger partial charge is 0.0955 e. The number of thiophene rings is 1. The van der Waals surface area contributed by atoms with Gasteiger partial charge in [-0.25, -0.2) is 4.98 Å². The van der Waals surface area contributed by atoms with E-state index in [0.29, 0.717) is 0 Å². The maximum atomic E-state index is 4.18. The lowest BCUT2D eigenvalue weighted by Crippen LogP contribution is -1.81. The largest absolute Gasteiger partial charge is 0.334 e. The van der Waals surface area contributed by atoms with Crippen molar-refractivity contribution in [2.45, 2.75) is 13.8 Å². The van der Waals surface area contributed by atoms with Gasteiger partial charge in [-0.3, -0.25) is 0 Å². The lowest BCUT2D eigenvalue weighted by molar-refractivity contribution is 0.948. The zero-order valence-electron chi connectivity index (χ0n) is 10.5. The van der Waals surface area contributed by atoms with E-state index in [2.05, 4.69) is 11.1 Å². The lowest BCUT2D eigenvalue weighted by atomic mass is 10.3. The third kappa shape index (κ3) is 4.04. The second-order valence-corrected chi connectivity index (χ2v) is 3.95. The lowest BCUT2D eigenvalue weighted by Gasteiger charge is -1.90. The average Bonchev–Trinajstić information content (AvgIpc) is 3.06. The van der Waals surface area contributed by atoms with Crippen molar-refractivity contribution in [3.63, 3.8) is 0 Å². The predicted octanol–water partition coefficient (Wildman–Crippen LogP) is 4.35. The highest BCUT2D eigenvalue weighted by Crippen LogP contribution is 2.08. The van der Waals surface area contributed by atoms with E-state index in [1.54, 1.807) is 11.3 Å². The molecule has 3 heteroatoms. The third-order valence-corrected chi connectivity index (χ3v) is 2.69. The fourth-order valence-electron chi connectivity index (χ4n) is 1.31. The Kier molecular flexibility index (Phi) is 6.04. The van der Waals surface area contributed by atoms with Gasteiger partial charge in [-0.15, -0.1) is 0 Å². The molecule has 0 radical (unpaired) electrons. The zero-order chi connectivity index (χ0) is 12.5. The molecule has 2 heterocycles. The van der Waals surface area contributed by atoms with Crippen LogP contribution in [-0.4, -0.2) is 9.55 Å². The van der Waals surface area contributed by atoms with Crippen molar-refractivity contribution in [3.8, 4) is 0 Å². The van der Waals surface area contributed by atoms with E-state index in [1.165, 1.54) is 5.52 Å². The number of para-hydroxylation sites is 2. The first kappa shape index (κ1) is 13.5. The highest BCUT2D eigenvalue weighted by molar-refractivity contribution is 7.07. The van der Waals surface area contributed by atoms with E-state index in [0.717, 1.165) is 5.52 Å². The van der Waals surface area contributed by atoms with Gasteiger partial charge in [0.25, 0.3) is 0 Å². The molecule has 0 bridgehead atoms. The SMILES string of the molecule is CC.Cn1cnc2ccccc21.c1ccsc1. The molecule has 0 saturated carbocycles. The highest BCUT2D eigenvalue weighted by Gasteiger charge is 1.93. The Morgan fingerprint density at radius 2 is 1.65 bits per heavy atom. The minimum Gasteiger partial charge on any atom is -0.334 e. The summed E-state index contributed by atoms with van der Waals surface area (Å²) in [6, 6.07) is 12.1. The van der Waals surface area contributed by atoms with Crippen LogP contribution in [0.25, 0.3) is 11.0 Å². The summed E-state index contributed by atoms with van der Waals surface area (Å²) in [5.74, 6) is 0. The maximum Gasteiger partial charge on any atom is 0.0955 e. The molecule has 0 N–H and O–H groups in total. The standard InChI is InChI=1S/C8H8N2.C4H4S.C2H6/c1-10-6-9-7-4-2-3-5-8(7)10;1-2-4-5-3-1;1-2/h2-6H,1H3;1-4H;1-2H3. The Balaban J connectivity index is 0.000000175. The zero-order valence-corrected chi connectivity index (χ0v) is 11.3. The molecular formula is C14H18N2S. The molecule has 2 aromatic heterocycles. The molecule has 0 atom stereocenters. The van der Waals surface area contributed by atoms with E-state index in [4.69, 9.17) is 0 Å².